The molecule has 0 aliphatic rings. The van der Waals surface area contributed by atoms with Crippen LogP contribution < -0.4 is 0 Å². The van der Waals surface area contributed by atoms with Gasteiger partial charge in [-0.05, 0) is 27.7 Å². The molecular weight excluding hydrogens is 208 g/mol. The Labute approximate surface area is 95.1 Å². The molecule has 5 heteroatoms. The van der Waals surface area contributed by atoms with Gasteiger partial charge in [-0.25, -0.2) is 4.98 Å². The second kappa shape index (κ2) is 4.65. The normalized spacial score (nSPS) is 12.1. The summed E-state index contributed by atoms with van der Waals surface area (Å²) in [6, 6.07) is 0. The van der Waals surface area contributed by atoms with Gasteiger partial charge in [-0.3, -0.25) is 9.69 Å². The number of aliphatic carboxylic acids is 1. The molecule has 0 spiro atoms. The predicted molar refractivity (Wildman–Crippen MR) is 59.0 cm³/mol. The molecule has 0 unspecified atom stereocenters. The van der Waals surface area contributed by atoms with Crippen LogP contribution in [0.25, 0.3) is 0 Å². The Morgan fingerprint density at radius 3 is 2.56 bits per heavy atom. The number of carboxylic acid groups (broad SMARTS) is 1. The summed E-state index contributed by atoms with van der Waals surface area (Å²) in [7, 11) is 0. The van der Waals surface area contributed by atoms with E-state index in [4.69, 9.17) is 9.52 Å². The zero-order chi connectivity index (χ0) is 12.3. The Morgan fingerprint density at radius 1 is 1.56 bits per heavy atom. The van der Waals surface area contributed by atoms with Gasteiger partial charge in [0.2, 0.25) is 0 Å². The Morgan fingerprint density at radius 2 is 2.19 bits per heavy atom. The van der Waals surface area contributed by atoms with Gasteiger partial charge in [0.05, 0.1) is 12.2 Å². The van der Waals surface area contributed by atoms with Gasteiger partial charge in [0.15, 0.2) is 6.39 Å². The minimum atomic E-state index is -0.837. The summed E-state index contributed by atoms with van der Waals surface area (Å²) >= 11 is 0. The molecular formula is C11H18N2O3. The summed E-state index contributed by atoms with van der Waals surface area (Å²) in [6.45, 7) is 8.24. The van der Waals surface area contributed by atoms with Crippen molar-refractivity contribution in [2.24, 2.45) is 0 Å². The Kier molecular flexibility index (Phi) is 3.70. The average Bonchev–Trinajstić information content (AvgIpc) is 2.48. The zero-order valence-electron chi connectivity index (χ0n) is 10.1. The molecule has 0 radical (unpaired) electrons. The van der Waals surface area contributed by atoms with Crippen LogP contribution in [0, 0.1) is 6.92 Å². The largest absolute Gasteiger partial charge is 0.480 e. The van der Waals surface area contributed by atoms with Gasteiger partial charge in [0.1, 0.15) is 5.76 Å². The molecule has 1 rings (SSSR count). The van der Waals surface area contributed by atoms with Crippen LogP contribution in [0.2, 0.25) is 0 Å². The maximum atomic E-state index is 10.8. The highest BCUT2D eigenvalue weighted by molar-refractivity contribution is 5.69. The van der Waals surface area contributed by atoms with E-state index in [-0.39, 0.29) is 12.1 Å². The van der Waals surface area contributed by atoms with Crippen molar-refractivity contribution in [2.45, 2.75) is 39.8 Å². The average molecular weight is 226 g/mol. The van der Waals surface area contributed by atoms with E-state index in [9.17, 15) is 4.79 Å². The van der Waals surface area contributed by atoms with E-state index in [2.05, 4.69) is 4.98 Å². The van der Waals surface area contributed by atoms with Crippen molar-refractivity contribution in [3.63, 3.8) is 0 Å². The first kappa shape index (κ1) is 12.7. The van der Waals surface area contributed by atoms with Crippen LogP contribution in [-0.2, 0) is 11.3 Å². The number of aryl methyl sites for hydroxylation is 1. The summed E-state index contributed by atoms with van der Waals surface area (Å²) in [5.41, 5.74) is 0.570. The number of carbonyl (C=O) groups is 1. The number of carboxylic acids is 1. The monoisotopic (exact) mass is 226 g/mol. The number of hydrogen-bond donors (Lipinski definition) is 1. The van der Waals surface area contributed by atoms with E-state index in [1.807, 2.05) is 32.6 Å². The first-order valence-corrected chi connectivity index (χ1v) is 5.16. The van der Waals surface area contributed by atoms with Crippen LogP contribution in [0.5, 0.6) is 0 Å². The lowest BCUT2D eigenvalue weighted by Crippen LogP contribution is -2.44. The molecule has 1 aromatic rings. The fourth-order valence-corrected chi connectivity index (χ4v) is 1.35. The highest BCUT2D eigenvalue weighted by Crippen LogP contribution is 2.17. The standard InChI is InChI=1S/C11H18N2O3/c1-8-9(12-7-16-8)5-13(6-10(14)15)11(2,3)4/h7H,5-6H2,1-4H3,(H,14,15). The number of hydrogen-bond acceptors (Lipinski definition) is 4. The first-order valence-electron chi connectivity index (χ1n) is 5.16. The predicted octanol–water partition coefficient (Wildman–Crippen LogP) is 1.67. The highest BCUT2D eigenvalue weighted by Gasteiger charge is 2.25. The lowest BCUT2D eigenvalue weighted by atomic mass is 10.1. The van der Waals surface area contributed by atoms with Crippen molar-refractivity contribution in [3.8, 4) is 0 Å². The first-order chi connectivity index (χ1) is 7.30. The minimum absolute atomic E-state index is 0.00417. The van der Waals surface area contributed by atoms with Gasteiger partial charge < -0.3 is 9.52 Å². The summed E-state index contributed by atoms with van der Waals surface area (Å²) in [6.07, 6.45) is 1.38. The molecule has 0 bridgehead atoms. The van der Waals surface area contributed by atoms with Crippen molar-refractivity contribution in [2.75, 3.05) is 6.54 Å². The van der Waals surface area contributed by atoms with Crippen molar-refractivity contribution in [3.05, 3.63) is 17.8 Å². The van der Waals surface area contributed by atoms with E-state index in [0.29, 0.717) is 6.54 Å². The van der Waals surface area contributed by atoms with E-state index in [1.165, 1.54) is 6.39 Å². The molecule has 5 nitrogen and oxygen atoms in total. The molecule has 1 aromatic heterocycles. The molecule has 1 heterocycles. The molecule has 16 heavy (non-hydrogen) atoms. The summed E-state index contributed by atoms with van der Waals surface area (Å²) in [5.74, 6) is -0.101. The van der Waals surface area contributed by atoms with Crippen molar-refractivity contribution in [1.29, 1.82) is 0 Å². The summed E-state index contributed by atoms with van der Waals surface area (Å²) in [4.78, 5) is 16.7. The van der Waals surface area contributed by atoms with Gasteiger partial charge in [0.25, 0.3) is 0 Å². The van der Waals surface area contributed by atoms with Gasteiger partial charge in [-0.15, -0.1) is 0 Å². The fourth-order valence-electron chi connectivity index (χ4n) is 1.35. The van der Waals surface area contributed by atoms with Crippen molar-refractivity contribution in [1.82, 2.24) is 9.88 Å². The Hall–Kier alpha value is -1.36. The van der Waals surface area contributed by atoms with Crippen LogP contribution in [-0.4, -0.2) is 33.0 Å². The second-order valence-electron chi connectivity index (χ2n) is 4.78. The van der Waals surface area contributed by atoms with Gasteiger partial charge in [-0.1, -0.05) is 0 Å². The molecule has 0 aromatic carbocycles. The van der Waals surface area contributed by atoms with E-state index in [1.54, 1.807) is 0 Å². The third-order valence-electron chi connectivity index (χ3n) is 2.46. The molecule has 0 aliphatic heterocycles. The number of oxazole rings is 1. The summed E-state index contributed by atoms with van der Waals surface area (Å²) < 4.78 is 5.10. The SMILES string of the molecule is Cc1ocnc1CN(CC(=O)O)C(C)(C)C. The molecule has 0 fully saturated rings. The highest BCUT2D eigenvalue weighted by atomic mass is 16.4. The molecule has 90 valence electrons. The second-order valence-corrected chi connectivity index (χ2v) is 4.78. The lowest BCUT2D eigenvalue weighted by Gasteiger charge is -2.33. The Bertz CT molecular complexity index is 366. The smallest absolute Gasteiger partial charge is 0.317 e. The quantitative estimate of drug-likeness (QED) is 0.845. The van der Waals surface area contributed by atoms with E-state index in [0.717, 1.165) is 11.5 Å². The maximum Gasteiger partial charge on any atom is 0.317 e. The van der Waals surface area contributed by atoms with Crippen LogP contribution in [0.1, 0.15) is 32.2 Å². The molecule has 0 saturated heterocycles. The number of rotatable bonds is 4. The lowest BCUT2D eigenvalue weighted by molar-refractivity contribution is -0.139. The van der Waals surface area contributed by atoms with Crippen LogP contribution in [0.3, 0.4) is 0 Å². The molecule has 0 amide bonds. The van der Waals surface area contributed by atoms with Crippen LogP contribution in [0.4, 0.5) is 0 Å². The fraction of sp³-hybridized carbons (Fsp3) is 0.636. The third kappa shape index (κ3) is 3.34. The topological polar surface area (TPSA) is 66.6 Å². The number of aromatic nitrogens is 1. The van der Waals surface area contributed by atoms with Gasteiger partial charge >= 0.3 is 5.97 Å². The van der Waals surface area contributed by atoms with Gasteiger partial charge in [-0.2, -0.15) is 0 Å². The molecule has 0 saturated carbocycles. The minimum Gasteiger partial charge on any atom is -0.480 e. The van der Waals surface area contributed by atoms with Gasteiger partial charge in [0, 0.05) is 12.1 Å². The van der Waals surface area contributed by atoms with E-state index >= 15 is 0 Å². The summed E-state index contributed by atoms with van der Waals surface area (Å²) in [5, 5.41) is 8.86. The molecule has 1 N–H and O–H groups in total. The van der Waals surface area contributed by atoms with Crippen LogP contribution >= 0.6 is 0 Å². The Balaban J connectivity index is 2.79. The maximum absolute atomic E-state index is 10.8. The van der Waals surface area contributed by atoms with Crippen molar-refractivity contribution < 1.29 is 14.3 Å². The third-order valence-corrected chi connectivity index (χ3v) is 2.46. The van der Waals surface area contributed by atoms with Crippen molar-refractivity contribution >= 4 is 5.97 Å². The zero-order valence-corrected chi connectivity index (χ0v) is 10.1. The van der Waals surface area contributed by atoms with Crippen LogP contribution in [0.15, 0.2) is 10.8 Å². The molecule has 0 atom stereocenters. The van der Waals surface area contributed by atoms with E-state index < -0.39 is 5.97 Å². The molecule has 0 aliphatic carbocycles. The number of nitrogens with zero attached hydrogens (tertiary/aromatic N) is 2.